The molecular formula is C25H27NO3Si. The third-order valence-corrected chi connectivity index (χ3v) is 5.03. The van der Waals surface area contributed by atoms with Gasteiger partial charge in [0.2, 0.25) is 0 Å². The lowest BCUT2D eigenvalue weighted by molar-refractivity contribution is 0.202. The van der Waals surface area contributed by atoms with E-state index in [1.807, 2.05) is 66.9 Å². The van der Waals surface area contributed by atoms with Gasteiger partial charge >= 0.3 is 0 Å². The average molecular weight is 418 g/mol. The maximum Gasteiger partial charge on any atom is 0.146 e. The molecule has 5 heteroatoms. The molecule has 2 aromatic rings. The highest BCUT2D eigenvalue weighted by Crippen LogP contribution is 2.19. The van der Waals surface area contributed by atoms with Gasteiger partial charge in [0.05, 0.1) is 7.11 Å². The first kappa shape index (κ1) is 21.3. The zero-order valence-electron chi connectivity index (χ0n) is 17.9. The number of methoxy groups -OCH3 is 1. The van der Waals surface area contributed by atoms with E-state index in [1.54, 1.807) is 13.4 Å². The maximum atomic E-state index is 5.97. The van der Waals surface area contributed by atoms with Crippen LogP contribution in [0.15, 0.2) is 84.6 Å². The van der Waals surface area contributed by atoms with Crippen LogP contribution >= 0.6 is 0 Å². The molecule has 30 heavy (non-hydrogen) atoms. The van der Waals surface area contributed by atoms with Gasteiger partial charge in [-0.3, -0.25) is 0 Å². The maximum absolute atomic E-state index is 5.97. The largest absolute Gasteiger partial charge is 0.497 e. The van der Waals surface area contributed by atoms with Crippen molar-refractivity contribution in [2.75, 3.05) is 7.11 Å². The number of dihydropyridines is 1. The molecule has 0 saturated carbocycles. The van der Waals surface area contributed by atoms with Crippen molar-refractivity contribution in [1.82, 2.24) is 5.32 Å². The molecule has 0 fully saturated rings. The second-order valence-electron chi connectivity index (χ2n) is 7.84. The lowest BCUT2D eigenvalue weighted by Crippen LogP contribution is -2.16. The fourth-order valence-corrected chi connectivity index (χ4v) is 3.06. The first-order valence-electron chi connectivity index (χ1n) is 9.82. The van der Waals surface area contributed by atoms with Gasteiger partial charge in [-0.2, -0.15) is 0 Å². The highest BCUT2D eigenvalue weighted by Gasteiger charge is 2.10. The summed E-state index contributed by atoms with van der Waals surface area (Å²) in [5.41, 5.74) is 6.18. The highest BCUT2D eigenvalue weighted by atomic mass is 28.3. The van der Waals surface area contributed by atoms with Crippen LogP contribution in [0, 0.1) is 11.5 Å². The van der Waals surface area contributed by atoms with Crippen LogP contribution in [0.25, 0.3) is 0 Å². The Morgan fingerprint density at radius 3 is 2.33 bits per heavy atom. The number of rotatable bonds is 6. The van der Waals surface area contributed by atoms with Crippen LogP contribution in [0.4, 0.5) is 0 Å². The van der Waals surface area contributed by atoms with Crippen molar-refractivity contribution in [2.45, 2.75) is 26.2 Å². The molecule has 1 N–H and O–H groups in total. The van der Waals surface area contributed by atoms with Crippen LogP contribution in [0.5, 0.6) is 11.5 Å². The Bertz CT molecular complexity index is 1000. The van der Waals surface area contributed by atoms with Gasteiger partial charge in [-0.05, 0) is 54.1 Å². The second kappa shape index (κ2) is 9.90. The summed E-state index contributed by atoms with van der Waals surface area (Å²) >= 11 is 0. The first-order valence-corrected chi connectivity index (χ1v) is 13.3. The third kappa shape index (κ3) is 6.61. The Labute approximate surface area is 179 Å². The smallest absolute Gasteiger partial charge is 0.146 e. The van der Waals surface area contributed by atoms with E-state index in [0.717, 1.165) is 28.3 Å². The van der Waals surface area contributed by atoms with E-state index in [1.165, 1.54) is 0 Å². The monoisotopic (exact) mass is 417 g/mol. The lowest BCUT2D eigenvalue weighted by atomic mass is 10.2. The highest BCUT2D eigenvalue weighted by molar-refractivity contribution is 6.83. The van der Waals surface area contributed by atoms with Crippen LogP contribution in [0.1, 0.15) is 11.1 Å². The molecule has 0 unspecified atom stereocenters. The van der Waals surface area contributed by atoms with Gasteiger partial charge in [-0.1, -0.05) is 37.7 Å². The van der Waals surface area contributed by atoms with E-state index in [4.69, 9.17) is 14.2 Å². The summed E-state index contributed by atoms with van der Waals surface area (Å²) in [6.07, 6.45) is 7.30. The molecule has 0 amide bonds. The zero-order valence-corrected chi connectivity index (χ0v) is 18.9. The van der Waals surface area contributed by atoms with Crippen LogP contribution < -0.4 is 14.8 Å². The van der Waals surface area contributed by atoms with Crippen molar-refractivity contribution in [3.63, 3.8) is 0 Å². The van der Waals surface area contributed by atoms with Crippen LogP contribution in [0.3, 0.4) is 0 Å². The second-order valence-corrected chi connectivity index (χ2v) is 12.6. The summed E-state index contributed by atoms with van der Waals surface area (Å²) in [5, 5.41) is 3.17. The molecule has 0 saturated heterocycles. The first-order chi connectivity index (χ1) is 14.4. The Morgan fingerprint density at radius 1 is 0.967 bits per heavy atom. The third-order valence-electron chi connectivity index (χ3n) is 4.15. The number of ether oxygens (including phenoxy) is 3. The SMILES string of the molecule is COc1ccc(COC2=CC=CNC2=COc2ccc(C#C[Si](C)(C)C)cc2)cc1. The summed E-state index contributed by atoms with van der Waals surface area (Å²) in [6, 6.07) is 15.6. The molecule has 1 aliphatic rings. The predicted octanol–water partition coefficient (Wildman–Crippen LogP) is 5.36. The van der Waals surface area contributed by atoms with Crippen molar-refractivity contribution >= 4 is 8.07 Å². The molecule has 2 aromatic carbocycles. The van der Waals surface area contributed by atoms with Gasteiger partial charge in [-0.15, -0.1) is 5.54 Å². The van der Waals surface area contributed by atoms with E-state index in [9.17, 15) is 0 Å². The number of hydrogen-bond acceptors (Lipinski definition) is 4. The zero-order chi connectivity index (χ0) is 21.4. The molecule has 0 aliphatic carbocycles. The van der Waals surface area contributed by atoms with E-state index >= 15 is 0 Å². The van der Waals surface area contributed by atoms with Crippen LogP contribution in [0.2, 0.25) is 19.6 Å². The topological polar surface area (TPSA) is 39.7 Å². The van der Waals surface area contributed by atoms with Crippen molar-refractivity contribution < 1.29 is 14.2 Å². The predicted molar refractivity (Wildman–Crippen MR) is 124 cm³/mol. The summed E-state index contributed by atoms with van der Waals surface area (Å²) in [4.78, 5) is 0. The molecular weight excluding hydrogens is 390 g/mol. The summed E-state index contributed by atoms with van der Waals surface area (Å²) in [7, 11) is 0.275. The molecule has 0 aromatic heterocycles. The normalized spacial score (nSPS) is 14.3. The molecule has 1 aliphatic heterocycles. The van der Waals surface area contributed by atoms with Gasteiger partial charge in [-0.25, -0.2) is 0 Å². The van der Waals surface area contributed by atoms with Crippen LogP contribution in [-0.4, -0.2) is 15.2 Å². The molecule has 3 rings (SSSR count). The molecule has 0 atom stereocenters. The molecule has 0 bridgehead atoms. The van der Waals surface area contributed by atoms with Gasteiger partial charge in [0.1, 0.15) is 43.9 Å². The van der Waals surface area contributed by atoms with Gasteiger partial charge in [0.15, 0.2) is 0 Å². The number of allylic oxidation sites excluding steroid dienone is 2. The quantitative estimate of drug-likeness (QED) is 0.390. The Morgan fingerprint density at radius 2 is 1.67 bits per heavy atom. The fourth-order valence-electron chi connectivity index (χ4n) is 2.54. The summed E-state index contributed by atoms with van der Waals surface area (Å²) in [6.45, 7) is 7.15. The summed E-state index contributed by atoms with van der Waals surface area (Å²) < 4.78 is 17.0. The fraction of sp³-hybridized carbons (Fsp3) is 0.200. The lowest BCUT2D eigenvalue weighted by Gasteiger charge is -2.16. The van der Waals surface area contributed by atoms with Gasteiger partial charge in [0, 0.05) is 11.8 Å². The molecule has 0 radical (unpaired) electrons. The van der Waals surface area contributed by atoms with Crippen molar-refractivity contribution in [3.8, 4) is 23.0 Å². The Hall–Kier alpha value is -3.36. The van der Waals surface area contributed by atoms with Gasteiger partial charge < -0.3 is 19.5 Å². The van der Waals surface area contributed by atoms with Gasteiger partial charge in [0.25, 0.3) is 0 Å². The van der Waals surface area contributed by atoms with Crippen molar-refractivity contribution in [1.29, 1.82) is 0 Å². The minimum absolute atomic E-state index is 0.452. The minimum Gasteiger partial charge on any atom is -0.497 e. The molecule has 0 spiro atoms. The summed E-state index contributed by atoms with van der Waals surface area (Å²) in [5.74, 6) is 5.53. The van der Waals surface area contributed by atoms with Crippen LogP contribution in [-0.2, 0) is 11.3 Å². The van der Waals surface area contributed by atoms with E-state index < -0.39 is 8.07 Å². The number of hydrogen-bond donors (Lipinski definition) is 1. The molecule has 1 heterocycles. The van der Waals surface area contributed by atoms with E-state index in [2.05, 4.69) is 36.4 Å². The molecule has 4 nitrogen and oxygen atoms in total. The van der Waals surface area contributed by atoms with E-state index in [-0.39, 0.29) is 0 Å². The van der Waals surface area contributed by atoms with Crippen molar-refractivity contribution in [2.24, 2.45) is 0 Å². The number of nitrogens with one attached hydrogen (secondary N) is 1. The standard InChI is InChI=1S/C25H27NO3Si/c1-27-22-11-9-21(10-12-22)18-29-25-6-5-16-26-24(25)19-28-23-13-7-20(8-14-23)15-17-30(2,3)4/h5-14,16,19,26H,18H2,1-4H3. The number of benzene rings is 2. The van der Waals surface area contributed by atoms with E-state index in [0.29, 0.717) is 12.4 Å². The van der Waals surface area contributed by atoms with Crippen molar-refractivity contribution in [3.05, 3.63) is 95.7 Å². The molecule has 154 valence electrons. The Kier molecular flexibility index (Phi) is 7.05. The average Bonchev–Trinajstić information content (AvgIpc) is 2.76. The Balaban J connectivity index is 1.61. The minimum atomic E-state index is -1.38.